The standard InChI is InChI=1S/C15H24OSi2/c1-17(2,3)14-9-7-8-10-12(11(9)14)15(10,13(14)16)18(4,5)6/h7-12H,1-6H3/t9-,10+,11-,12+,14+,15-. The Morgan fingerprint density at radius 1 is 0.833 bits per heavy atom. The van der Waals surface area contributed by atoms with Crippen molar-refractivity contribution >= 4 is 21.9 Å². The molecule has 0 bridgehead atoms. The van der Waals surface area contributed by atoms with Crippen LogP contribution in [0.5, 0.6) is 0 Å². The normalized spacial score (nSPS) is 55.6. The van der Waals surface area contributed by atoms with E-state index in [1.807, 2.05) is 0 Å². The highest BCUT2D eigenvalue weighted by Gasteiger charge is 2.96. The van der Waals surface area contributed by atoms with Gasteiger partial charge in [-0.3, -0.25) is 4.79 Å². The van der Waals surface area contributed by atoms with Gasteiger partial charge in [0.15, 0.2) is 0 Å². The van der Waals surface area contributed by atoms with Gasteiger partial charge in [-0.25, -0.2) is 0 Å². The molecule has 3 saturated carbocycles. The van der Waals surface area contributed by atoms with Crippen molar-refractivity contribution in [3.63, 3.8) is 0 Å². The van der Waals surface area contributed by atoms with Crippen molar-refractivity contribution in [2.75, 3.05) is 0 Å². The first kappa shape index (κ1) is 11.7. The molecule has 4 aliphatic rings. The molecule has 3 heteroatoms. The van der Waals surface area contributed by atoms with Gasteiger partial charge in [0.2, 0.25) is 0 Å². The Bertz CT molecular complexity index is 466. The van der Waals surface area contributed by atoms with Gasteiger partial charge in [0.1, 0.15) is 5.78 Å². The minimum atomic E-state index is -1.41. The summed E-state index contributed by atoms with van der Waals surface area (Å²) in [6.07, 6.45) is 4.88. The van der Waals surface area contributed by atoms with Crippen LogP contribution in [0.4, 0.5) is 0 Å². The number of hydrogen-bond donors (Lipinski definition) is 0. The van der Waals surface area contributed by atoms with Gasteiger partial charge in [0.05, 0.1) is 16.1 Å². The number of carbonyl (C=O) groups is 1. The monoisotopic (exact) mass is 276 g/mol. The molecule has 0 spiro atoms. The summed E-state index contributed by atoms with van der Waals surface area (Å²) in [4.78, 5) is 13.4. The number of hydrogen-bond acceptors (Lipinski definition) is 1. The Labute approximate surface area is 112 Å². The predicted molar refractivity (Wildman–Crippen MR) is 80.2 cm³/mol. The van der Waals surface area contributed by atoms with Crippen LogP contribution in [-0.2, 0) is 4.79 Å². The Balaban J connectivity index is 1.93. The Morgan fingerprint density at radius 3 is 1.44 bits per heavy atom. The van der Waals surface area contributed by atoms with Crippen LogP contribution < -0.4 is 0 Å². The molecule has 98 valence electrons. The summed E-state index contributed by atoms with van der Waals surface area (Å²) in [6.45, 7) is 14.6. The van der Waals surface area contributed by atoms with E-state index in [-0.39, 0.29) is 10.1 Å². The molecule has 0 aliphatic heterocycles. The number of rotatable bonds is 2. The minimum absolute atomic E-state index is 0.154. The zero-order chi connectivity index (χ0) is 13.3. The van der Waals surface area contributed by atoms with Crippen LogP contribution in [0.25, 0.3) is 0 Å². The number of carbonyl (C=O) groups excluding carboxylic acids is 1. The van der Waals surface area contributed by atoms with Crippen molar-refractivity contribution in [1.82, 2.24) is 0 Å². The molecule has 0 saturated heterocycles. The summed E-state index contributed by atoms with van der Waals surface area (Å²) in [5.74, 6) is 3.55. The maximum atomic E-state index is 13.4. The quantitative estimate of drug-likeness (QED) is 0.554. The van der Waals surface area contributed by atoms with Gasteiger partial charge >= 0.3 is 0 Å². The summed E-state index contributed by atoms with van der Waals surface area (Å²) in [6, 6.07) is 0. The van der Waals surface area contributed by atoms with Crippen LogP contribution in [-0.4, -0.2) is 21.9 Å². The number of ketones is 1. The van der Waals surface area contributed by atoms with Gasteiger partial charge in [0, 0.05) is 10.1 Å². The third kappa shape index (κ3) is 0.781. The van der Waals surface area contributed by atoms with Crippen molar-refractivity contribution in [1.29, 1.82) is 0 Å². The molecule has 0 radical (unpaired) electrons. The predicted octanol–water partition coefficient (Wildman–Crippen LogP) is 3.79. The van der Waals surface area contributed by atoms with Crippen LogP contribution in [0.15, 0.2) is 12.2 Å². The lowest BCUT2D eigenvalue weighted by atomic mass is 10.1. The molecule has 0 aromatic carbocycles. The fourth-order valence-corrected chi connectivity index (χ4v) is 13.3. The van der Waals surface area contributed by atoms with Gasteiger partial charge < -0.3 is 0 Å². The molecule has 18 heavy (non-hydrogen) atoms. The van der Waals surface area contributed by atoms with Gasteiger partial charge in [-0.2, -0.15) is 0 Å². The minimum Gasteiger partial charge on any atom is -0.299 e. The molecule has 0 N–H and O–H groups in total. The van der Waals surface area contributed by atoms with E-state index in [0.717, 1.165) is 17.6 Å². The van der Waals surface area contributed by atoms with Crippen molar-refractivity contribution < 1.29 is 4.79 Å². The van der Waals surface area contributed by atoms with E-state index in [1.165, 1.54) is 0 Å². The summed E-state index contributed by atoms with van der Waals surface area (Å²) in [5.41, 5.74) is 0. The second-order valence-corrected chi connectivity index (χ2v) is 19.7. The van der Waals surface area contributed by atoms with E-state index in [0.29, 0.717) is 11.8 Å². The summed E-state index contributed by atoms with van der Waals surface area (Å²) >= 11 is 0. The second-order valence-electron chi connectivity index (χ2n) is 9.06. The first-order valence-electron chi connectivity index (χ1n) is 7.36. The zero-order valence-corrected chi connectivity index (χ0v) is 14.4. The fourth-order valence-electron chi connectivity index (χ4n) is 6.31. The van der Waals surface area contributed by atoms with E-state index >= 15 is 0 Å². The molecule has 0 heterocycles. The lowest BCUT2D eigenvalue weighted by Crippen LogP contribution is -2.44. The van der Waals surface area contributed by atoms with E-state index in [4.69, 9.17) is 0 Å². The van der Waals surface area contributed by atoms with Crippen molar-refractivity contribution in [3.05, 3.63) is 12.2 Å². The summed E-state index contributed by atoms with van der Waals surface area (Å²) in [5, 5.41) is 0.308. The van der Waals surface area contributed by atoms with Crippen LogP contribution >= 0.6 is 0 Å². The Kier molecular flexibility index (Phi) is 1.64. The molecule has 4 aliphatic carbocycles. The molecule has 4 rings (SSSR count). The number of Topliss-reactive ketones (excluding diaryl/α,β-unsaturated/α-hetero) is 1. The molecule has 0 unspecified atom stereocenters. The van der Waals surface area contributed by atoms with Crippen LogP contribution in [0.3, 0.4) is 0 Å². The Hall–Kier alpha value is -0.156. The third-order valence-corrected chi connectivity index (χ3v) is 13.6. The van der Waals surface area contributed by atoms with Crippen LogP contribution in [0, 0.1) is 23.7 Å². The highest BCUT2D eigenvalue weighted by Crippen LogP contribution is 2.97. The van der Waals surface area contributed by atoms with Crippen molar-refractivity contribution in [2.45, 2.75) is 49.4 Å². The topological polar surface area (TPSA) is 17.1 Å². The highest BCUT2D eigenvalue weighted by molar-refractivity contribution is 6.90. The van der Waals surface area contributed by atoms with Gasteiger partial charge in [-0.15, -0.1) is 0 Å². The first-order valence-corrected chi connectivity index (χ1v) is 14.4. The van der Waals surface area contributed by atoms with E-state index in [9.17, 15) is 4.79 Å². The molecular formula is C15H24OSi2. The number of fused-ring (bicyclic) bond motifs is 2. The molecule has 0 aromatic heterocycles. The first-order chi connectivity index (χ1) is 8.13. The average molecular weight is 277 g/mol. The number of allylic oxidation sites excluding steroid dienone is 2. The maximum Gasteiger partial charge on any atom is 0.141 e. The van der Waals surface area contributed by atoms with E-state index in [2.05, 4.69) is 51.4 Å². The second kappa shape index (κ2) is 2.53. The maximum absolute atomic E-state index is 13.4. The lowest BCUT2D eigenvalue weighted by molar-refractivity contribution is -0.120. The largest absolute Gasteiger partial charge is 0.299 e. The molecule has 0 aromatic rings. The van der Waals surface area contributed by atoms with E-state index in [1.54, 1.807) is 0 Å². The highest BCUT2D eigenvalue weighted by atomic mass is 28.3. The Morgan fingerprint density at radius 2 is 1.17 bits per heavy atom. The van der Waals surface area contributed by atoms with E-state index < -0.39 is 16.1 Å². The third-order valence-electron chi connectivity index (χ3n) is 6.80. The van der Waals surface area contributed by atoms with Gasteiger partial charge in [0.25, 0.3) is 0 Å². The summed E-state index contributed by atoms with van der Waals surface area (Å²) < 4.78 is 0. The molecule has 0 amide bonds. The molecule has 1 nitrogen and oxygen atoms in total. The van der Waals surface area contributed by atoms with Gasteiger partial charge in [-0.1, -0.05) is 51.4 Å². The average Bonchev–Trinajstić information content (AvgIpc) is 3.01. The fraction of sp³-hybridized carbons (Fsp3) is 0.800. The van der Waals surface area contributed by atoms with Gasteiger partial charge in [-0.05, 0) is 23.7 Å². The zero-order valence-electron chi connectivity index (χ0n) is 12.4. The summed E-state index contributed by atoms with van der Waals surface area (Å²) in [7, 11) is -2.82. The van der Waals surface area contributed by atoms with Crippen molar-refractivity contribution in [2.24, 2.45) is 23.7 Å². The smallest absolute Gasteiger partial charge is 0.141 e. The SMILES string of the molecule is C[Si](C)(C)[C@@]12C(=O)[C@@]3([Si](C)(C)C)[C@H]4[C@@H]1[C@@H]2C=C[C@H]43. The molecule has 6 atom stereocenters. The van der Waals surface area contributed by atoms with Crippen molar-refractivity contribution in [3.8, 4) is 0 Å². The van der Waals surface area contributed by atoms with Crippen LogP contribution in [0.2, 0.25) is 49.4 Å². The van der Waals surface area contributed by atoms with Crippen LogP contribution in [0.1, 0.15) is 0 Å². The molecular weight excluding hydrogens is 252 g/mol. The lowest BCUT2D eigenvalue weighted by Gasteiger charge is -2.35. The molecule has 3 fully saturated rings.